The topological polar surface area (TPSA) is 74.6 Å². The Hall–Kier alpha value is 0.380. The molecule has 0 aliphatic carbocycles. The summed E-state index contributed by atoms with van der Waals surface area (Å²) in [5, 5.41) is 0. The minimum Gasteiger partial charge on any atom is -0.346 e. The molecular formula is CH6O4P2. The molecular weight excluding hydrogens is 138 g/mol. The van der Waals surface area contributed by atoms with Crippen molar-refractivity contribution in [3.05, 3.63) is 0 Å². The lowest BCUT2D eigenvalue weighted by Crippen LogP contribution is -1.62. The molecule has 2 N–H and O–H groups in total. The Morgan fingerprint density at radius 2 is 1.43 bits per heavy atom. The summed E-state index contributed by atoms with van der Waals surface area (Å²) in [6.45, 7) is 0. The fourth-order valence-electron chi connectivity index (χ4n) is 0.129. The first-order valence-corrected chi connectivity index (χ1v) is 4.69. The summed E-state index contributed by atoms with van der Waals surface area (Å²) in [6.07, 6.45) is 0. The molecule has 2 unspecified atom stereocenters. The summed E-state index contributed by atoms with van der Waals surface area (Å²) in [5.41, 5.74) is 0. The van der Waals surface area contributed by atoms with Crippen molar-refractivity contribution in [1.82, 2.24) is 0 Å². The molecule has 0 radical (unpaired) electrons. The van der Waals surface area contributed by atoms with Gasteiger partial charge in [-0.15, -0.1) is 0 Å². The van der Waals surface area contributed by atoms with Crippen molar-refractivity contribution in [1.29, 1.82) is 0 Å². The van der Waals surface area contributed by atoms with E-state index in [0.717, 1.165) is 0 Å². The maximum absolute atomic E-state index is 9.66. The van der Waals surface area contributed by atoms with E-state index in [9.17, 15) is 9.13 Å². The zero-order chi connectivity index (χ0) is 5.86. The maximum Gasteiger partial charge on any atom is 0.198 e. The lowest BCUT2D eigenvalue weighted by atomic mass is 11.9. The van der Waals surface area contributed by atoms with Gasteiger partial charge in [0.2, 0.25) is 0 Å². The molecule has 4 nitrogen and oxygen atoms in total. The van der Waals surface area contributed by atoms with Gasteiger partial charge in [-0.05, 0) is 0 Å². The monoisotopic (exact) mass is 144 g/mol. The molecule has 0 saturated carbocycles. The average Bonchev–Trinajstić information content (AvgIpc) is 1.27. The van der Waals surface area contributed by atoms with E-state index in [1.54, 1.807) is 0 Å². The van der Waals surface area contributed by atoms with Crippen LogP contribution in [0.4, 0.5) is 0 Å². The Bertz CT molecular complexity index is 85.9. The van der Waals surface area contributed by atoms with Gasteiger partial charge in [-0.2, -0.15) is 0 Å². The van der Waals surface area contributed by atoms with Gasteiger partial charge in [0.1, 0.15) is 0 Å². The molecule has 0 amide bonds. The fourth-order valence-corrected chi connectivity index (χ4v) is 1.16. The molecule has 0 heterocycles. The van der Waals surface area contributed by atoms with Crippen molar-refractivity contribution in [2.75, 3.05) is 5.90 Å². The predicted molar refractivity (Wildman–Crippen MR) is 27.3 cm³/mol. The summed E-state index contributed by atoms with van der Waals surface area (Å²) < 4.78 is 19.3. The molecule has 0 aliphatic heterocycles. The lowest BCUT2D eigenvalue weighted by molar-refractivity contribution is 0.493. The Balaban J connectivity index is 3.32. The normalized spacial score (nSPS) is 18.6. The van der Waals surface area contributed by atoms with Gasteiger partial charge in [-0.1, -0.05) is 0 Å². The second kappa shape index (κ2) is 3.39. The van der Waals surface area contributed by atoms with E-state index >= 15 is 0 Å². The average molecular weight is 144 g/mol. The predicted octanol–water partition coefficient (Wildman–Crippen LogP) is -0.122. The van der Waals surface area contributed by atoms with Gasteiger partial charge in [0, 0.05) is 0 Å². The third kappa shape index (κ3) is 6.38. The highest BCUT2D eigenvalue weighted by Crippen LogP contribution is 2.27. The molecule has 44 valence electrons. The Morgan fingerprint density at radius 3 is 1.43 bits per heavy atom. The minimum atomic E-state index is -2.70. The highest BCUT2D eigenvalue weighted by Gasteiger charge is 1.94. The summed E-state index contributed by atoms with van der Waals surface area (Å²) in [4.78, 5) is 15.9. The molecule has 2 atom stereocenters. The molecule has 0 spiro atoms. The summed E-state index contributed by atoms with van der Waals surface area (Å²) in [5.74, 6) is -0.435. The number of hydrogen-bond acceptors (Lipinski definition) is 2. The van der Waals surface area contributed by atoms with E-state index in [4.69, 9.17) is 9.79 Å². The van der Waals surface area contributed by atoms with E-state index in [2.05, 4.69) is 0 Å². The summed E-state index contributed by atoms with van der Waals surface area (Å²) in [6, 6.07) is 0. The minimum absolute atomic E-state index is 0.435. The van der Waals surface area contributed by atoms with Crippen molar-refractivity contribution < 1.29 is 18.9 Å². The Labute approximate surface area is 41.9 Å². The zero-order valence-corrected chi connectivity index (χ0v) is 5.42. The van der Waals surface area contributed by atoms with Crippen molar-refractivity contribution in [2.45, 2.75) is 0 Å². The third-order valence-electron chi connectivity index (χ3n) is 0.302. The first kappa shape index (κ1) is 7.38. The van der Waals surface area contributed by atoms with Gasteiger partial charge < -0.3 is 9.79 Å². The van der Waals surface area contributed by atoms with E-state index in [0.29, 0.717) is 0 Å². The first-order chi connectivity index (χ1) is 3.13. The van der Waals surface area contributed by atoms with E-state index in [1.807, 2.05) is 0 Å². The van der Waals surface area contributed by atoms with E-state index < -0.39 is 22.0 Å². The molecule has 0 bridgehead atoms. The second-order valence-corrected chi connectivity index (χ2v) is 3.95. The molecule has 0 aromatic carbocycles. The molecule has 6 heteroatoms. The second-order valence-electron chi connectivity index (χ2n) is 0.964. The van der Waals surface area contributed by atoms with Gasteiger partial charge in [-0.3, -0.25) is 9.13 Å². The molecule has 7 heavy (non-hydrogen) atoms. The third-order valence-corrected chi connectivity index (χ3v) is 2.72. The smallest absolute Gasteiger partial charge is 0.198 e. The van der Waals surface area contributed by atoms with Gasteiger partial charge >= 0.3 is 0 Å². The lowest BCUT2D eigenvalue weighted by Gasteiger charge is -1.83. The molecule has 0 fully saturated rings. The molecule has 0 aromatic rings. The van der Waals surface area contributed by atoms with Crippen LogP contribution in [0.25, 0.3) is 0 Å². The number of rotatable bonds is 2. The summed E-state index contributed by atoms with van der Waals surface area (Å²) in [7, 11) is -5.40. The largest absolute Gasteiger partial charge is 0.346 e. The highest BCUT2D eigenvalue weighted by molar-refractivity contribution is 7.56. The van der Waals surface area contributed by atoms with Crippen molar-refractivity contribution in [3.63, 3.8) is 0 Å². The fraction of sp³-hybridized carbons (Fsp3) is 1.00. The standard InChI is InChI=1S/CH6O4P2/c2-6(3)1-7(4)5/h6-7H,1H2,(H,2,3)(H,4,5). The Morgan fingerprint density at radius 1 is 1.14 bits per heavy atom. The summed E-state index contributed by atoms with van der Waals surface area (Å²) >= 11 is 0. The van der Waals surface area contributed by atoms with Crippen LogP contribution in [0.5, 0.6) is 0 Å². The van der Waals surface area contributed by atoms with Gasteiger partial charge in [0.15, 0.2) is 16.1 Å². The van der Waals surface area contributed by atoms with Crippen LogP contribution in [0, 0.1) is 0 Å². The van der Waals surface area contributed by atoms with Crippen LogP contribution >= 0.6 is 16.1 Å². The highest BCUT2D eigenvalue weighted by atomic mass is 31.2. The maximum atomic E-state index is 9.66. The van der Waals surface area contributed by atoms with Crippen LogP contribution in [-0.4, -0.2) is 15.7 Å². The molecule has 0 saturated heterocycles. The van der Waals surface area contributed by atoms with Crippen LogP contribution in [0.2, 0.25) is 0 Å². The van der Waals surface area contributed by atoms with E-state index in [-0.39, 0.29) is 0 Å². The first-order valence-electron chi connectivity index (χ1n) is 1.56. The van der Waals surface area contributed by atoms with Crippen LogP contribution in [0.1, 0.15) is 0 Å². The SMILES string of the molecule is O=[PH](O)C[PH](=O)O. The van der Waals surface area contributed by atoms with Crippen LogP contribution in [0.3, 0.4) is 0 Å². The van der Waals surface area contributed by atoms with Crippen LogP contribution < -0.4 is 0 Å². The number of hydrogen-bond donors (Lipinski definition) is 2. The van der Waals surface area contributed by atoms with Crippen molar-refractivity contribution in [2.24, 2.45) is 0 Å². The zero-order valence-electron chi connectivity index (χ0n) is 3.42. The Kier molecular flexibility index (Phi) is 3.57. The molecule has 0 aromatic heterocycles. The van der Waals surface area contributed by atoms with Gasteiger partial charge in [0.05, 0.1) is 5.90 Å². The van der Waals surface area contributed by atoms with Crippen LogP contribution in [0.15, 0.2) is 0 Å². The van der Waals surface area contributed by atoms with Gasteiger partial charge in [0.25, 0.3) is 0 Å². The molecule has 0 rings (SSSR count). The van der Waals surface area contributed by atoms with E-state index in [1.165, 1.54) is 0 Å². The van der Waals surface area contributed by atoms with Crippen LogP contribution in [-0.2, 0) is 9.13 Å². The molecule has 0 aliphatic rings. The van der Waals surface area contributed by atoms with Crippen molar-refractivity contribution >= 4 is 16.1 Å². The van der Waals surface area contributed by atoms with Crippen molar-refractivity contribution in [3.8, 4) is 0 Å². The van der Waals surface area contributed by atoms with Gasteiger partial charge in [-0.25, -0.2) is 0 Å². The quantitative estimate of drug-likeness (QED) is 0.529.